The molecule has 66 valence electrons. The van der Waals surface area contributed by atoms with Crippen LogP contribution in [0.25, 0.3) is 17.1 Å². The van der Waals surface area contributed by atoms with Crippen molar-refractivity contribution in [3.63, 3.8) is 0 Å². The Balaban J connectivity index is 2.89. The number of nitrogens with one attached hydrogen (secondary N) is 1. The van der Waals surface area contributed by atoms with Gasteiger partial charge in [-0.3, -0.25) is 4.57 Å². The molecule has 1 aromatic carbocycles. The number of aryl methyl sites for hydroxylation is 1. The maximum Gasteiger partial charge on any atom is 0.326 e. The lowest BCUT2D eigenvalue weighted by atomic mass is 10.2. The molecule has 0 amide bonds. The number of rotatable bonds is 1. The van der Waals surface area contributed by atoms with Gasteiger partial charge in [-0.1, -0.05) is 18.7 Å². The molecule has 0 saturated carbocycles. The third-order valence-corrected chi connectivity index (χ3v) is 2.17. The van der Waals surface area contributed by atoms with Crippen LogP contribution in [0.4, 0.5) is 0 Å². The highest BCUT2D eigenvalue weighted by molar-refractivity contribution is 5.78. The van der Waals surface area contributed by atoms with Crippen molar-refractivity contribution in [1.82, 2.24) is 9.55 Å². The number of aromatic amines is 1. The largest absolute Gasteiger partial charge is 0.326 e. The lowest BCUT2D eigenvalue weighted by Gasteiger charge is -1.95. The van der Waals surface area contributed by atoms with Crippen LogP contribution in [0, 0.1) is 0 Å². The molecule has 0 aliphatic rings. The van der Waals surface area contributed by atoms with Crippen LogP contribution in [0.3, 0.4) is 0 Å². The quantitative estimate of drug-likeness (QED) is 0.699. The molecule has 2 rings (SSSR count). The zero-order chi connectivity index (χ0) is 9.42. The number of imidazole rings is 1. The van der Waals surface area contributed by atoms with Gasteiger partial charge in [0.1, 0.15) is 0 Å². The zero-order valence-electron chi connectivity index (χ0n) is 7.37. The Bertz CT molecular complexity index is 519. The van der Waals surface area contributed by atoms with Crippen molar-refractivity contribution in [2.24, 2.45) is 7.05 Å². The highest BCUT2D eigenvalue weighted by Crippen LogP contribution is 2.12. The molecule has 0 aliphatic heterocycles. The zero-order valence-corrected chi connectivity index (χ0v) is 7.37. The minimum absolute atomic E-state index is 0.0868. The summed E-state index contributed by atoms with van der Waals surface area (Å²) in [6, 6.07) is 5.74. The van der Waals surface area contributed by atoms with E-state index in [0.29, 0.717) is 0 Å². The van der Waals surface area contributed by atoms with Gasteiger partial charge < -0.3 is 4.98 Å². The van der Waals surface area contributed by atoms with Gasteiger partial charge in [-0.05, 0) is 17.7 Å². The van der Waals surface area contributed by atoms with Crippen LogP contribution in [-0.2, 0) is 7.05 Å². The lowest BCUT2D eigenvalue weighted by Crippen LogP contribution is -2.11. The fraction of sp³-hybridized carbons (Fsp3) is 0.100. The van der Waals surface area contributed by atoms with Crippen molar-refractivity contribution in [2.45, 2.75) is 0 Å². The van der Waals surface area contributed by atoms with E-state index in [9.17, 15) is 4.79 Å². The summed E-state index contributed by atoms with van der Waals surface area (Å²) in [7, 11) is 1.74. The predicted molar refractivity (Wildman–Crippen MR) is 53.6 cm³/mol. The second-order valence-electron chi connectivity index (χ2n) is 2.97. The number of benzene rings is 1. The van der Waals surface area contributed by atoms with Gasteiger partial charge in [-0.2, -0.15) is 0 Å². The number of H-pyrrole nitrogens is 1. The summed E-state index contributed by atoms with van der Waals surface area (Å²) in [6.45, 7) is 3.68. The number of hydrogen-bond acceptors (Lipinski definition) is 1. The van der Waals surface area contributed by atoms with Crippen molar-refractivity contribution < 1.29 is 0 Å². The van der Waals surface area contributed by atoms with Gasteiger partial charge in [-0.25, -0.2) is 4.79 Å². The molecule has 13 heavy (non-hydrogen) atoms. The molecule has 0 saturated heterocycles. The predicted octanol–water partition coefficient (Wildman–Crippen LogP) is 1.51. The normalized spacial score (nSPS) is 10.5. The third-order valence-electron chi connectivity index (χ3n) is 2.17. The first-order valence-corrected chi connectivity index (χ1v) is 4.03. The first kappa shape index (κ1) is 7.86. The summed E-state index contributed by atoms with van der Waals surface area (Å²) in [4.78, 5) is 14.0. The van der Waals surface area contributed by atoms with E-state index >= 15 is 0 Å². The topological polar surface area (TPSA) is 37.8 Å². The molecular formula is C10H10N2O. The van der Waals surface area contributed by atoms with Gasteiger partial charge in [0.15, 0.2) is 0 Å². The van der Waals surface area contributed by atoms with Crippen molar-refractivity contribution in [2.75, 3.05) is 0 Å². The second-order valence-corrected chi connectivity index (χ2v) is 2.97. The molecule has 0 spiro atoms. The minimum Gasteiger partial charge on any atom is -0.306 e. The summed E-state index contributed by atoms with van der Waals surface area (Å²) in [6.07, 6.45) is 1.76. The number of aromatic nitrogens is 2. The Morgan fingerprint density at radius 2 is 2.31 bits per heavy atom. The Morgan fingerprint density at radius 3 is 3.00 bits per heavy atom. The van der Waals surface area contributed by atoms with Crippen LogP contribution < -0.4 is 5.69 Å². The molecule has 0 fully saturated rings. The van der Waals surface area contributed by atoms with E-state index in [1.54, 1.807) is 17.7 Å². The van der Waals surface area contributed by atoms with Gasteiger partial charge in [0.25, 0.3) is 0 Å². The summed E-state index contributed by atoms with van der Waals surface area (Å²) >= 11 is 0. The van der Waals surface area contributed by atoms with E-state index in [4.69, 9.17) is 0 Å². The molecule has 2 aromatic rings. The van der Waals surface area contributed by atoms with Gasteiger partial charge in [-0.15, -0.1) is 0 Å². The van der Waals surface area contributed by atoms with E-state index in [2.05, 4.69) is 11.6 Å². The summed E-state index contributed by atoms with van der Waals surface area (Å²) in [5.41, 5.74) is 2.69. The van der Waals surface area contributed by atoms with Gasteiger partial charge in [0.05, 0.1) is 11.0 Å². The van der Waals surface area contributed by atoms with E-state index < -0.39 is 0 Å². The standard InChI is InChI=1S/C10H10N2O/c1-3-7-4-5-8-9(6-7)12(2)10(13)11-8/h3-6H,1H2,2H3,(H,11,13). The molecule has 1 heterocycles. The lowest BCUT2D eigenvalue weighted by molar-refractivity contribution is 0.891. The van der Waals surface area contributed by atoms with Gasteiger partial charge >= 0.3 is 5.69 Å². The van der Waals surface area contributed by atoms with Crippen LogP contribution in [0.2, 0.25) is 0 Å². The fourth-order valence-corrected chi connectivity index (χ4v) is 1.37. The monoisotopic (exact) mass is 174 g/mol. The number of hydrogen-bond donors (Lipinski definition) is 1. The van der Waals surface area contributed by atoms with E-state index in [1.807, 2.05) is 18.2 Å². The summed E-state index contributed by atoms with van der Waals surface area (Å²) < 4.78 is 1.59. The number of fused-ring (bicyclic) bond motifs is 1. The molecule has 0 aliphatic carbocycles. The average Bonchev–Trinajstić information content (AvgIpc) is 2.43. The smallest absolute Gasteiger partial charge is 0.306 e. The first-order chi connectivity index (χ1) is 6.22. The molecular weight excluding hydrogens is 164 g/mol. The third kappa shape index (κ3) is 1.09. The molecule has 0 radical (unpaired) electrons. The first-order valence-electron chi connectivity index (χ1n) is 4.03. The Hall–Kier alpha value is -1.77. The van der Waals surface area contributed by atoms with Crippen molar-refractivity contribution in [3.8, 4) is 0 Å². The molecule has 0 bridgehead atoms. The Labute approximate surface area is 75.3 Å². The molecule has 3 heteroatoms. The van der Waals surface area contributed by atoms with Crippen LogP contribution in [-0.4, -0.2) is 9.55 Å². The van der Waals surface area contributed by atoms with E-state index in [1.165, 1.54) is 0 Å². The van der Waals surface area contributed by atoms with Crippen molar-refractivity contribution >= 4 is 17.1 Å². The molecule has 0 atom stereocenters. The summed E-state index contributed by atoms with van der Waals surface area (Å²) in [5, 5.41) is 0. The van der Waals surface area contributed by atoms with Crippen LogP contribution in [0.15, 0.2) is 29.6 Å². The summed E-state index contributed by atoms with van der Waals surface area (Å²) in [5.74, 6) is 0. The van der Waals surface area contributed by atoms with E-state index in [0.717, 1.165) is 16.6 Å². The SMILES string of the molecule is C=Cc1ccc2[nH]c(=O)n(C)c2c1. The fourth-order valence-electron chi connectivity index (χ4n) is 1.37. The van der Waals surface area contributed by atoms with Crippen LogP contribution in [0.1, 0.15) is 5.56 Å². The minimum atomic E-state index is -0.0868. The Morgan fingerprint density at radius 1 is 1.54 bits per heavy atom. The van der Waals surface area contributed by atoms with Crippen molar-refractivity contribution in [3.05, 3.63) is 40.8 Å². The molecule has 1 N–H and O–H groups in total. The van der Waals surface area contributed by atoms with Gasteiger partial charge in [0.2, 0.25) is 0 Å². The maximum atomic E-state index is 11.2. The van der Waals surface area contributed by atoms with Crippen LogP contribution >= 0.6 is 0 Å². The van der Waals surface area contributed by atoms with Gasteiger partial charge in [0, 0.05) is 7.05 Å². The molecule has 0 unspecified atom stereocenters. The average molecular weight is 174 g/mol. The van der Waals surface area contributed by atoms with Crippen LogP contribution in [0.5, 0.6) is 0 Å². The maximum absolute atomic E-state index is 11.2. The second kappa shape index (κ2) is 2.62. The highest BCUT2D eigenvalue weighted by atomic mass is 16.1. The molecule has 3 nitrogen and oxygen atoms in total. The number of nitrogens with zero attached hydrogens (tertiary/aromatic N) is 1. The Kier molecular flexibility index (Phi) is 1.59. The molecule has 1 aromatic heterocycles. The van der Waals surface area contributed by atoms with E-state index in [-0.39, 0.29) is 5.69 Å². The highest BCUT2D eigenvalue weighted by Gasteiger charge is 2.01. The van der Waals surface area contributed by atoms with Crippen molar-refractivity contribution in [1.29, 1.82) is 0 Å².